The fourth-order valence-corrected chi connectivity index (χ4v) is 3.85. The Morgan fingerprint density at radius 2 is 2.00 bits per heavy atom. The van der Waals surface area contributed by atoms with Crippen molar-refractivity contribution >= 4 is 5.91 Å². The normalized spacial score (nSPS) is 23.9. The highest BCUT2D eigenvalue weighted by Crippen LogP contribution is 2.37. The molecular weight excluding hydrogens is 290 g/mol. The molecule has 4 heteroatoms. The number of nitrogens with zero attached hydrogens (tertiary/aromatic N) is 1. The number of benzene rings is 1. The summed E-state index contributed by atoms with van der Waals surface area (Å²) >= 11 is 0. The highest BCUT2D eigenvalue weighted by atomic mass is 16.5. The highest BCUT2D eigenvalue weighted by molar-refractivity contribution is 5.94. The van der Waals surface area contributed by atoms with E-state index in [1.165, 1.54) is 5.56 Å². The zero-order valence-electron chi connectivity index (χ0n) is 14.2. The molecule has 0 N–H and O–H groups in total. The highest BCUT2D eigenvalue weighted by Gasteiger charge is 2.45. The van der Waals surface area contributed by atoms with Crippen molar-refractivity contribution in [2.75, 3.05) is 26.8 Å². The lowest BCUT2D eigenvalue weighted by atomic mass is 9.81. The molecule has 0 saturated carbocycles. The minimum absolute atomic E-state index is 0.132. The number of carbonyl (C=O) groups is 1. The lowest BCUT2D eigenvalue weighted by molar-refractivity contribution is -0.183. The molecule has 1 amide bonds. The maximum absolute atomic E-state index is 12.7. The molecule has 126 valence electrons. The van der Waals surface area contributed by atoms with Gasteiger partial charge in [-0.2, -0.15) is 0 Å². The number of hydrogen-bond acceptors (Lipinski definition) is 3. The van der Waals surface area contributed by atoms with Crippen LogP contribution in [0.25, 0.3) is 0 Å². The molecule has 0 aliphatic carbocycles. The molecule has 0 aromatic heterocycles. The van der Waals surface area contributed by atoms with E-state index in [1.54, 1.807) is 7.11 Å². The van der Waals surface area contributed by atoms with Gasteiger partial charge in [0, 0.05) is 32.4 Å². The topological polar surface area (TPSA) is 38.8 Å². The van der Waals surface area contributed by atoms with Crippen molar-refractivity contribution in [3.8, 4) is 0 Å². The molecule has 0 bridgehead atoms. The van der Waals surface area contributed by atoms with Gasteiger partial charge in [-0.15, -0.1) is 0 Å². The lowest BCUT2D eigenvalue weighted by Crippen LogP contribution is -2.56. The van der Waals surface area contributed by atoms with E-state index >= 15 is 0 Å². The predicted octanol–water partition coefficient (Wildman–Crippen LogP) is 3.05. The largest absolute Gasteiger partial charge is 0.378 e. The Labute approximate surface area is 138 Å². The monoisotopic (exact) mass is 317 g/mol. The van der Waals surface area contributed by atoms with Gasteiger partial charge in [0.15, 0.2) is 0 Å². The van der Waals surface area contributed by atoms with Crippen LogP contribution in [0.3, 0.4) is 0 Å². The van der Waals surface area contributed by atoms with Gasteiger partial charge in [0.1, 0.15) is 0 Å². The Morgan fingerprint density at radius 1 is 1.30 bits per heavy atom. The molecule has 2 aliphatic heterocycles. The molecule has 2 fully saturated rings. The first-order valence-corrected chi connectivity index (χ1v) is 8.73. The summed E-state index contributed by atoms with van der Waals surface area (Å²) in [6.45, 7) is 4.42. The Balaban J connectivity index is 1.64. The van der Waals surface area contributed by atoms with Crippen molar-refractivity contribution in [1.29, 1.82) is 0 Å². The third-order valence-electron chi connectivity index (χ3n) is 5.38. The van der Waals surface area contributed by atoms with Crippen LogP contribution in [0, 0.1) is 0 Å². The van der Waals surface area contributed by atoms with Crippen molar-refractivity contribution in [2.45, 2.75) is 50.7 Å². The smallest absolute Gasteiger partial charge is 0.253 e. The molecule has 2 saturated heterocycles. The van der Waals surface area contributed by atoms with Gasteiger partial charge in [0.2, 0.25) is 0 Å². The van der Waals surface area contributed by atoms with E-state index in [9.17, 15) is 4.79 Å². The zero-order chi connectivity index (χ0) is 16.3. The van der Waals surface area contributed by atoms with Crippen molar-refractivity contribution in [3.05, 3.63) is 35.4 Å². The summed E-state index contributed by atoms with van der Waals surface area (Å²) in [5.74, 6) is 0.132. The van der Waals surface area contributed by atoms with Crippen LogP contribution in [0.4, 0.5) is 0 Å². The Bertz CT molecular complexity index is 532. The first-order valence-electron chi connectivity index (χ1n) is 8.73. The minimum atomic E-state index is -0.185. The van der Waals surface area contributed by atoms with E-state index in [0.717, 1.165) is 57.4 Å². The number of carbonyl (C=O) groups excluding carboxylic acids is 1. The molecule has 0 radical (unpaired) electrons. The molecule has 1 atom stereocenters. The van der Waals surface area contributed by atoms with Crippen molar-refractivity contribution in [3.63, 3.8) is 0 Å². The van der Waals surface area contributed by atoms with Crippen LogP contribution in [-0.4, -0.2) is 49.3 Å². The number of likely N-dealkylation sites (tertiary alicyclic amines) is 1. The van der Waals surface area contributed by atoms with Crippen LogP contribution in [0.15, 0.2) is 24.3 Å². The number of ether oxygens (including phenoxy) is 2. The SMILES string of the molecule is CCc1ccc(C(=O)N2CCC3(CC2)OCCC[C@H]3OC)cc1. The summed E-state index contributed by atoms with van der Waals surface area (Å²) in [5.41, 5.74) is 1.86. The van der Waals surface area contributed by atoms with Crippen LogP contribution in [0.5, 0.6) is 0 Å². The molecule has 1 aromatic carbocycles. The zero-order valence-corrected chi connectivity index (χ0v) is 14.2. The van der Waals surface area contributed by atoms with Gasteiger partial charge < -0.3 is 14.4 Å². The third-order valence-corrected chi connectivity index (χ3v) is 5.38. The molecule has 0 unspecified atom stereocenters. The maximum Gasteiger partial charge on any atom is 0.253 e. The standard InChI is InChI=1S/C19H27NO3/c1-3-15-6-8-16(9-7-15)18(21)20-12-10-19(11-13-20)17(22-2)5-4-14-23-19/h6-9,17H,3-5,10-14H2,1-2H3/t17-/m1/s1. The molecular formula is C19H27NO3. The van der Waals surface area contributed by atoms with Gasteiger partial charge in [0.05, 0.1) is 11.7 Å². The minimum Gasteiger partial charge on any atom is -0.378 e. The van der Waals surface area contributed by atoms with Gasteiger partial charge in [0.25, 0.3) is 5.91 Å². The van der Waals surface area contributed by atoms with Gasteiger partial charge in [-0.1, -0.05) is 19.1 Å². The van der Waals surface area contributed by atoms with E-state index < -0.39 is 0 Å². The van der Waals surface area contributed by atoms with Crippen LogP contribution < -0.4 is 0 Å². The van der Waals surface area contributed by atoms with Crippen LogP contribution in [0.2, 0.25) is 0 Å². The molecule has 1 spiro atoms. The number of piperidine rings is 1. The van der Waals surface area contributed by atoms with Crippen LogP contribution in [0.1, 0.15) is 48.5 Å². The quantitative estimate of drug-likeness (QED) is 0.860. The van der Waals surface area contributed by atoms with E-state index in [2.05, 4.69) is 6.92 Å². The fraction of sp³-hybridized carbons (Fsp3) is 0.632. The summed E-state index contributed by atoms with van der Waals surface area (Å²) in [7, 11) is 1.77. The number of aryl methyl sites for hydroxylation is 1. The second-order valence-electron chi connectivity index (χ2n) is 6.62. The summed E-state index contributed by atoms with van der Waals surface area (Å²) in [6.07, 6.45) is 5.01. The van der Waals surface area contributed by atoms with E-state index in [1.807, 2.05) is 29.2 Å². The number of hydrogen-bond donors (Lipinski definition) is 0. The summed E-state index contributed by atoms with van der Waals surface area (Å²) in [6, 6.07) is 7.98. The summed E-state index contributed by atoms with van der Waals surface area (Å²) in [4.78, 5) is 14.6. The Morgan fingerprint density at radius 3 is 2.61 bits per heavy atom. The summed E-state index contributed by atoms with van der Waals surface area (Å²) < 4.78 is 11.8. The second kappa shape index (κ2) is 7.02. The average Bonchev–Trinajstić information content (AvgIpc) is 2.62. The fourth-order valence-electron chi connectivity index (χ4n) is 3.85. The maximum atomic E-state index is 12.7. The number of rotatable bonds is 3. The van der Waals surface area contributed by atoms with E-state index in [-0.39, 0.29) is 17.6 Å². The van der Waals surface area contributed by atoms with Crippen LogP contribution >= 0.6 is 0 Å². The predicted molar refractivity (Wildman–Crippen MR) is 89.7 cm³/mol. The average molecular weight is 317 g/mol. The molecule has 2 heterocycles. The number of methoxy groups -OCH3 is 1. The molecule has 23 heavy (non-hydrogen) atoms. The van der Waals surface area contributed by atoms with Gasteiger partial charge in [-0.25, -0.2) is 0 Å². The molecule has 1 aromatic rings. The number of amides is 1. The second-order valence-corrected chi connectivity index (χ2v) is 6.62. The van der Waals surface area contributed by atoms with Gasteiger partial charge in [-0.3, -0.25) is 4.79 Å². The Hall–Kier alpha value is -1.39. The first kappa shape index (κ1) is 16.5. The Kier molecular flexibility index (Phi) is 5.02. The van der Waals surface area contributed by atoms with Gasteiger partial charge in [-0.05, 0) is 49.8 Å². The van der Waals surface area contributed by atoms with Gasteiger partial charge >= 0.3 is 0 Å². The molecule has 3 rings (SSSR count). The van der Waals surface area contributed by atoms with Crippen LogP contribution in [-0.2, 0) is 15.9 Å². The van der Waals surface area contributed by atoms with Crippen molar-refractivity contribution < 1.29 is 14.3 Å². The lowest BCUT2D eigenvalue weighted by Gasteiger charge is -2.48. The van der Waals surface area contributed by atoms with E-state index in [4.69, 9.17) is 9.47 Å². The van der Waals surface area contributed by atoms with Crippen molar-refractivity contribution in [2.24, 2.45) is 0 Å². The molecule has 4 nitrogen and oxygen atoms in total. The van der Waals surface area contributed by atoms with Crippen molar-refractivity contribution in [1.82, 2.24) is 4.90 Å². The first-order chi connectivity index (χ1) is 11.2. The molecule has 2 aliphatic rings. The third kappa shape index (κ3) is 3.29. The van der Waals surface area contributed by atoms with E-state index in [0.29, 0.717) is 0 Å². The summed E-state index contributed by atoms with van der Waals surface area (Å²) in [5, 5.41) is 0.